The minimum absolute atomic E-state index is 0.108. The Morgan fingerprint density at radius 2 is 1.89 bits per heavy atom. The quantitative estimate of drug-likeness (QED) is 0.643. The van der Waals surface area contributed by atoms with Gasteiger partial charge in [0.2, 0.25) is 10.0 Å². The molecule has 0 bridgehead atoms. The highest BCUT2D eigenvalue weighted by molar-refractivity contribution is 7.89. The number of halogens is 3. The molecule has 10 heteroatoms. The molecule has 0 spiro atoms. The summed E-state index contributed by atoms with van der Waals surface area (Å²) in [5.41, 5.74) is -2.88. The third-order valence-corrected chi connectivity index (χ3v) is 6.27. The molecule has 27 heavy (non-hydrogen) atoms. The van der Waals surface area contributed by atoms with Crippen molar-refractivity contribution in [3.05, 3.63) is 76.4 Å². The summed E-state index contributed by atoms with van der Waals surface area (Å²) in [5, 5.41) is 12.7. The van der Waals surface area contributed by atoms with Gasteiger partial charge in [0.1, 0.15) is 5.76 Å². The summed E-state index contributed by atoms with van der Waals surface area (Å²) in [5.74, 6) is 0.108. The third kappa shape index (κ3) is 4.08. The predicted octanol–water partition coefficient (Wildman–Crippen LogP) is 3.57. The lowest BCUT2D eigenvalue weighted by atomic mass is 9.99. The molecule has 0 saturated heterocycles. The Bertz CT molecular complexity index is 963. The van der Waals surface area contributed by atoms with Crippen molar-refractivity contribution >= 4 is 21.4 Å². The molecule has 5 nitrogen and oxygen atoms in total. The summed E-state index contributed by atoms with van der Waals surface area (Å²) in [6.07, 6.45) is -3.34. The average molecular weight is 417 g/mol. The SMILES string of the molecule is O=S(=O)(NC[C@](O)(c1ccco1)c1cccs1)c1cccc(C(F)(F)F)c1. The Kier molecular flexibility index (Phi) is 5.17. The van der Waals surface area contributed by atoms with Crippen LogP contribution in [0.3, 0.4) is 0 Å². The van der Waals surface area contributed by atoms with Gasteiger partial charge in [-0.1, -0.05) is 12.1 Å². The maximum Gasteiger partial charge on any atom is 0.416 e. The van der Waals surface area contributed by atoms with Crippen molar-refractivity contribution in [1.82, 2.24) is 4.72 Å². The molecule has 0 aliphatic rings. The summed E-state index contributed by atoms with van der Waals surface area (Å²) in [6, 6.07) is 9.68. The molecule has 0 unspecified atom stereocenters. The van der Waals surface area contributed by atoms with Crippen molar-refractivity contribution < 1.29 is 31.1 Å². The van der Waals surface area contributed by atoms with Crippen LogP contribution in [0.5, 0.6) is 0 Å². The van der Waals surface area contributed by atoms with Gasteiger partial charge < -0.3 is 9.52 Å². The van der Waals surface area contributed by atoms with Gasteiger partial charge in [0, 0.05) is 4.88 Å². The van der Waals surface area contributed by atoms with E-state index < -0.39 is 38.8 Å². The van der Waals surface area contributed by atoms with E-state index in [2.05, 4.69) is 4.72 Å². The van der Waals surface area contributed by atoms with Crippen LogP contribution in [-0.4, -0.2) is 20.1 Å². The minimum atomic E-state index is -4.67. The highest BCUT2D eigenvalue weighted by atomic mass is 32.2. The topological polar surface area (TPSA) is 79.5 Å². The molecule has 0 aliphatic heterocycles. The van der Waals surface area contributed by atoms with Gasteiger partial charge in [-0.15, -0.1) is 11.3 Å². The summed E-state index contributed by atoms with van der Waals surface area (Å²) < 4.78 is 70.9. The van der Waals surface area contributed by atoms with Crippen LogP contribution in [0.4, 0.5) is 13.2 Å². The molecular weight excluding hydrogens is 403 g/mol. The van der Waals surface area contributed by atoms with Crippen LogP contribution in [-0.2, 0) is 21.8 Å². The molecular formula is C17H14F3NO4S2. The predicted molar refractivity (Wildman–Crippen MR) is 92.7 cm³/mol. The number of nitrogens with one attached hydrogen (secondary N) is 1. The first kappa shape index (κ1) is 19.6. The van der Waals surface area contributed by atoms with E-state index in [0.29, 0.717) is 10.9 Å². The molecule has 0 aliphatic carbocycles. The zero-order valence-electron chi connectivity index (χ0n) is 13.6. The maximum absolute atomic E-state index is 12.8. The van der Waals surface area contributed by atoms with Crippen molar-refractivity contribution in [1.29, 1.82) is 0 Å². The molecule has 3 aromatic rings. The van der Waals surface area contributed by atoms with Gasteiger partial charge in [-0.25, -0.2) is 13.1 Å². The first-order valence-electron chi connectivity index (χ1n) is 7.60. The van der Waals surface area contributed by atoms with Crippen molar-refractivity contribution in [2.45, 2.75) is 16.7 Å². The van der Waals surface area contributed by atoms with Crippen LogP contribution in [0.15, 0.2) is 69.5 Å². The Morgan fingerprint density at radius 3 is 2.48 bits per heavy atom. The van der Waals surface area contributed by atoms with E-state index in [-0.39, 0.29) is 5.76 Å². The lowest BCUT2D eigenvalue weighted by Crippen LogP contribution is -2.41. The van der Waals surface area contributed by atoms with Gasteiger partial charge in [0.25, 0.3) is 0 Å². The normalized spacial score (nSPS) is 14.8. The Hall–Kier alpha value is -2.14. The molecule has 2 N–H and O–H groups in total. The van der Waals surface area contributed by atoms with Gasteiger partial charge in [-0.2, -0.15) is 13.2 Å². The molecule has 3 rings (SSSR count). The molecule has 0 amide bonds. The highest BCUT2D eigenvalue weighted by Crippen LogP contribution is 2.34. The second-order valence-corrected chi connectivity index (χ2v) is 8.38. The average Bonchev–Trinajstić information content (AvgIpc) is 3.33. The number of hydrogen-bond donors (Lipinski definition) is 2. The first-order chi connectivity index (χ1) is 12.6. The zero-order valence-corrected chi connectivity index (χ0v) is 15.2. The number of benzene rings is 1. The van der Waals surface area contributed by atoms with Gasteiger partial charge >= 0.3 is 6.18 Å². The van der Waals surface area contributed by atoms with E-state index in [0.717, 1.165) is 18.2 Å². The zero-order chi connectivity index (χ0) is 19.7. The Labute approximate surface area is 157 Å². The molecule has 1 atom stereocenters. The fraction of sp³-hybridized carbons (Fsp3) is 0.176. The van der Waals surface area contributed by atoms with Crippen molar-refractivity contribution in [3.8, 4) is 0 Å². The highest BCUT2D eigenvalue weighted by Gasteiger charge is 2.37. The van der Waals surface area contributed by atoms with E-state index in [1.54, 1.807) is 17.5 Å². The number of alkyl halides is 3. The minimum Gasteiger partial charge on any atom is -0.466 e. The van der Waals surface area contributed by atoms with E-state index in [4.69, 9.17) is 4.42 Å². The van der Waals surface area contributed by atoms with Crippen LogP contribution in [0, 0.1) is 0 Å². The number of sulfonamides is 1. The third-order valence-electron chi connectivity index (χ3n) is 3.85. The van der Waals surface area contributed by atoms with Gasteiger partial charge in [0.15, 0.2) is 5.60 Å². The largest absolute Gasteiger partial charge is 0.466 e. The molecule has 2 aromatic heterocycles. The Balaban J connectivity index is 1.90. The summed E-state index contributed by atoms with van der Waals surface area (Å²) in [7, 11) is -4.31. The van der Waals surface area contributed by atoms with E-state index in [1.807, 2.05) is 0 Å². The van der Waals surface area contributed by atoms with Gasteiger partial charge in [-0.05, 0) is 41.8 Å². The van der Waals surface area contributed by atoms with Gasteiger partial charge in [-0.3, -0.25) is 0 Å². The van der Waals surface area contributed by atoms with Crippen molar-refractivity contribution in [3.63, 3.8) is 0 Å². The van der Waals surface area contributed by atoms with Crippen molar-refractivity contribution in [2.75, 3.05) is 6.54 Å². The number of rotatable bonds is 6. The second-order valence-electron chi connectivity index (χ2n) is 5.67. The maximum atomic E-state index is 12.8. The van der Waals surface area contributed by atoms with Crippen LogP contribution in [0.2, 0.25) is 0 Å². The van der Waals surface area contributed by atoms with E-state index in [9.17, 15) is 26.7 Å². The van der Waals surface area contributed by atoms with Crippen LogP contribution in [0.1, 0.15) is 16.2 Å². The van der Waals surface area contributed by atoms with E-state index >= 15 is 0 Å². The fourth-order valence-corrected chi connectivity index (χ4v) is 4.38. The summed E-state index contributed by atoms with van der Waals surface area (Å²) >= 11 is 1.19. The molecule has 0 radical (unpaired) electrons. The number of aliphatic hydroxyl groups is 1. The number of hydrogen-bond acceptors (Lipinski definition) is 5. The standard InChI is InChI=1S/C17H14F3NO4S2/c18-17(19,20)12-4-1-5-13(10-12)27(23,24)21-11-16(22,14-6-2-8-25-14)15-7-3-9-26-15/h1-10,21-22H,11H2/t16-/m0/s1. The van der Waals surface area contributed by atoms with E-state index in [1.165, 1.54) is 29.7 Å². The summed E-state index contributed by atoms with van der Waals surface area (Å²) in [6.45, 7) is -0.514. The smallest absolute Gasteiger partial charge is 0.416 e. The fourth-order valence-electron chi connectivity index (χ4n) is 2.45. The molecule has 1 aromatic carbocycles. The van der Waals surface area contributed by atoms with Crippen LogP contribution >= 0.6 is 11.3 Å². The second kappa shape index (κ2) is 7.12. The first-order valence-corrected chi connectivity index (χ1v) is 9.96. The monoisotopic (exact) mass is 417 g/mol. The Morgan fingerprint density at radius 1 is 1.11 bits per heavy atom. The lowest BCUT2D eigenvalue weighted by molar-refractivity contribution is -0.137. The van der Waals surface area contributed by atoms with Gasteiger partial charge in [0.05, 0.1) is 23.3 Å². The van der Waals surface area contributed by atoms with Crippen LogP contribution in [0.25, 0.3) is 0 Å². The molecule has 144 valence electrons. The number of furan rings is 1. The molecule has 0 saturated carbocycles. The molecule has 0 fully saturated rings. The molecule has 2 heterocycles. The number of thiophene rings is 1. The summed E-state index contributed by atoms with van der Waals surface area (Å²) in [4.78, 5) is -0.130. The lowest BCUT2D eigenvalue weighted by Gasteiger charge is -2.25. The van der Waals surface area contributed by atoms with Crippen LogP contribution < -0.4 is 4.72 Å². The van der Waals surface area contributed by atoms with Crippen molar-refractivity contribution in [2.24, 2.45) is 0 Å².